The van der Waals surface area contributed by atoms with Crippen LogP contribution in [-0.4, -0.2) is 11.7 Å². The van der Waals surface area contributed by atoms with Gasteiger partial charge in [-0.15, -0.1) is 0 Å². The van der Waals surface area contributed by atoms with Gasteiger partial charge in [0, 0.05) is 6.61 Å². The number of aliphatic hydroxyl groups excluding tert-OH is 1. The zero-order valence-electron chi connectivity index (χ0n) is 8.79. The van der Waals surface area contributed by atoms with E-state index in [1.54, 1.807) is 0 Å². The minimum Gasteiger partial charge on any atom is -0.396 e. The van der Waals surface area contributed by atoms with Crippen LogP contribution in [0, 0.1) is 6.92 Å². The number of rotatable bonds is 3. The number of aliphatic hydroxyl groups is 1. The van der Waals surface area contributed by atoms with Gasteiger partial charge in [-0.1, -0.05) is 36.2 Å². The lowest BCUT2D eigenvalue weighted by atomic mass is 9.62. The van der Waals surface area contributed by atoms with Crippen molar-refractivity contribution in [3.63, 3.8) is 0 Å². The molecule has 1 aliphatic carbocycles. The molecule has 0 saturated heterocycles. The van der Waals surface area contributed by atoms with E-state index in [0.29, 0.717) is 12.0 Å². The number of aryl methyl sites for hydroxylation is 1. The lowest BCUT2D eigenvalue weighted by Crippen LogP contribution is -2.35. The molecule has 0 spiro atoms. The Morgan fingerprint density at radius 3 is 2.29 bits per heavy atom. The van der Waals surface area contributed by atoms with E-state index in [2.05, 4.69) is 31.2 Å². The molecule has 76 valence electrons. The molecule has 1 saturated carbocycles. The van der Waals surface area contributed by atoms with Gasteiger partial charge in [-0.05, 0) is 37.2 Å². The fraction of sp³-hybridized carbons (Fsp3) is 0.538. The average molecular weight is 190 g/mol. The van der Waals surface area contributed by atoms with Gasteiger partial charge in [0.05, 0.1) is 0 Å². The van der Waals surface area contributed by atoms with Gasteiger partial charge in [0.2, 0.25) is 0 Å². The minimum absolute atomic E-state index is 0.308. The van der Waals surface area contributed by atoms with Gasteiger partial charge in [0.1, 0.15) is 0 Å². The maximum absolute atomic E-state index is 9.08. The zero-order valence-corrected chi connectivity index (χ0v) is 8.79. The van der Waals surface area contributed by atoms with Crippen LogP contribution >= 0.6 is 0 Å². The predicted molar refractivity (Wildman–Crippen MR) is 58.4 cm³/mol. The molecule has 1 aromatic carbocycles. The van der Waals surface area contributed by atoms with Crippen LogP contribution in [0.5, 0.6) is 0 Å². The maximum Gasteiger partial charge on any atom is 0.0439 e. The number of hydrogen-bond donors (Lipinski definition) is 1. The lowest BCUT2D eigenvalue weighted by Gasteiger charge is -2.42. The summed E-state index contributed by atoms with van der Waals surface area (Å²) in [6, 6.07) is 8.80. The molecule has 0 unspecified atom stereocenters. The maximum atomic E-state index is 9.08. The van der Waals surface area contributed by atoms with Gasteiger partial charge in [0.25, 0.3) is 0 Å². The van der Waals surface area contributed by atoms with Crippen LogP contribution in [0.3, 0.4) is 0 Å². The summed E-state index contributed by atoms with van der Waals surface area (Å²) in [4.78, 5) is 0. The summed E-state index contributed by atoms with van der Waals surface area (Å²) < 4.78 is 0. The molecule has 0 aliphatic heterocycles. The summed E-state index contributed by atoms with van der Waals surface area (Å²) in [6.45, 7) is 2.43. The standard InChI is InChI=1S/C13H18O/c1-11-3-5-12(6-4-11)13(9-10-14)7-2-8-13/h3-6,14H,2,7-10H2,1H3. The summed E-state index contributed by atoms with van der Waals surface area (Å²) in [6.07, 6.45) is 4.73. The largest absolute Gasteiger partial charge is 0.396 e. The molecule has 14 heavy (non-hydrogen) atoms. The van der Waals surface area contributed by atoms with Gasteiger partial charge in [0.15, 0.2) is 0 Å². The van der Waals surface area contributed by atoms with Gasteiger partial charge in [-0.3, -0.25) is 0 Å². The first-order valence-electron chi connectivity index (χ1n) is 5.45. The first-order valence-corrected chi connectivity index (χ1v) is 5.45. The quantitative estimate of drug-likeness (QED) is 0.777. The molecule has 1 heteroatoms. The molecule has 2 rings (SSSR count). The fourth-order valence-electron chi connectivity index (χ4n) is 2.41. The Balaban J connectivity index is 2.23. The van der Waals surface area contributed by atoms with Crippen LogP contribution in [-0.2, 0) is 5.41 Å². The third kappa shape index (κ3) is 1.57. The van der Waals surface area contributed by atoms with Gasteiger partial charge in [-0.25, -0.2) is 0 Å². The normalized spacial score (nSPS) is 19.0. The molecule has 0 radical (unpaired) electrons. The van der Waals surface area contributed by atoms with E-state index in [1.165, 1.54) is 30.4 Å². The van der Waals surface area contributed by atoms with Crippen molar-refractivity contribution in [3.8, 4) is 0 Å². The van der Waals surface area contributed by atoms with Crippen molar-refractivity contribution in [2.24, 2.45) is 0 Å². The highest BCUT2D eigenvalue weighted by molar-refractivity contribution is 5.30. The van der Waals surface area contributed by atoms with E-state index in [1.807, 2.05) is 0 Å². The summed E-state index contributed by atoms with van der Waals surface area (Å²) in [5, 5.41) is 9.08. The Kier molecular flexibility index (Phi) is 2.60. The Morgan fingerprint density at radius 2 is 1.86 bits per heavy atom. The van der Waals surface area contributed by atoms with Crippen LogP contribution < -0.4 is 0 Å². The molecule has 0 bridgehead atoms. The Bertz CT molecular complexity index is 296. The third-order valence-corrected chi connectivity index (χ3v) is 3.56. The van der Waals surface area contributed by atoms with Gasteiger partial charge < -0.3 is 5.11 Å². The van der Waals surface area contributed by atoms with E-state index in [9.17, 15) is 0 Å². The highest BCUT2D eigenvalue weighted by Gasteiger charge is 2.37. The van der Waals surface area contributed by atoms with Crippen molar-refractivity contribution >= 4 is 0 Å². The number of hydrogen-bond acceptors (Lipinski definition) is 1. The SMILES string of the molecule is Cc1ccc(C2(CCO)CCC2)cc1. The molecular formula is C13H18O. The van der Waals surface area contributed by atoms with Crippen molar-refractivity contribution < 1.29 is 5.11 Å². The van der Waals surface area contributed by atoms with Gasteiger partial charge >= 0.3 is 0 Å². The molecule has 0 heterocycles. The number of benzene rings is 1. The molecule has 1 aromatic rings. The molecular weight excluding hydrogens is 172 g/mol. The zero-order chi connectivity index (χ0) is 10.0. The minimum atomic E-state index is 0.308. The van der Waals surface area contributed by atoms with Crippen LogP contribution in [0.15, 0.2) is 24.3 Å². The lowest BCUT2D eigenvalue weighted by molar-refractivity contribution is 0.167. The average Bonchev–Trinajstić information content (AvgIpc) is 2.13. The summed E-state index contributed by atoms with van der Waals surface area (Å²) in [5.74, 6) is 0. The molecule has 0 amide bonds. The molecule has 1 N–H and O–H groups in total. The predicted octanol–water partition coefficient (Wildman–Crippen LogP) is 2.80. The summed E-state index contributed by atoms with van der Waals surface area (Å²) >= 11 is 0. The van der Waals surface area contributed by atoms with Gasteiger partial charge in [-0.2, -0.15) is 0 Å². The van der Waals surface area contributed by atoms with Crippen LogP contribution in [0.1, 0.15) is 36.8 Å². The van der Waals surface area contributed by atoms with Crippen molar-refractivity contribution in [2.75, 3.05) is 6.61 Å². The second kappa shape index (κ2) is 3.74. The van der Waals surface area contributed by atoms with Crippen molar-refractivity contribution in [3.05, 3.63) is 35.4 Å². The van der Waals surface area contributed by atoms with Crippen molar-refractivity contribution in [1.82, 2.24) is 0 Å². The van der Waals surface area contributed by atoms with E-state index < -0.39 is 0 Å². The smallest absolute Gasteiger partial charge is 0.0439 e. The van der Waals surface area contributed by atoms with Crippen molar-refractivity contribution in [1.29, 1.82) is 0 Å². The second-order valence-corrected chi connectivity index (χ2v) is 4.47. The highest BCUT2D eigenvalue weighted by Crippen LogP contribution is 2.46. The fourth-order valence-corrected chi connectivity index (χ4v) is 2.41. The third-order valence-electron chi connectivity index (χ3n) is 3.56. The van der Waals surface area contributed by atoms with E-state index >= 15 is 0 Å². The Morgan fingerprint density at radius 1 is 1.21 bits per heavy atom. The molecule has 1 nitrogen and oxygen atoms in total. The summed E-state index contributed by atoms with van der Waals surface area (Å²) in [7, 11) is 0. The molecule has 0 aromatic heterocycles. The van der Waals surface area contributed by atoms with Crippen LogP contribution in [0.2, 0.25) is 0 Å². The van der Waals surface area contributed by atoms with Crippen LogP contribution in [0.25, 0.3) is 0 Å². The molecule has 1 fully saturated rings. The topological polar surface area (TPSA) is 20.2 Å². The highest BCUT2D eigenvalue weighted by atomic mass is 16.3. The summed E-state index contributed by atoms with van der Waals surface area (Å²) in [5.41, 5.74) is 3.04. The van der Waals surface area contributed by atoms with Crippen LogP contribution in [0.4, 0.5) is 0 Å². The second-order valence-electron chi connectivity index (χ2n) is 4.47. The first-order chi connectivity index (χ1) is 6.77. The van der Waals surface area contributed by atoms with E-state index in [0.717, 1.165) is 6.42 Å². The monoisotopic (exact) mass is 190 g/mol. The Labute approximate surface area is 85.8 Å². The molecule has 0 atom stereocenters. The Hall–Kier alpha value is -0.820. The molecule has 1 aliphatic rings. The van der Waals surface area contributed by atoms with Crippen molar-refractivity contribution in [2.45, 2.75) is 38.0 Å². The first kappa shape index (κ1) is 9.72. The van der Waals surface area contributed by atoms with E-state index in [-0.39, 0.29) is 0 Å². The van der Waals surface area contributed by atoms with E-state index in [4.69, 9.17) is 5.11 Å².